The van der Waals surface area contributed by atoms with Crippen LogP contribution in [0.5, 0.6) is 11.5 Å². The first-order chi connectivity index (χ1) is 14.0. The van der Waals surface area contributed by atoms with E-state index < -0.39 is 18.0 Å². The van der Waals surface area contributed by atoms with Crippen molar-refractivity contribution in [3.8, 4) is 11.5 Å². The molecule has 1 heterocycles. The number of ether oxygens (including phenoxy) is 3. The Bertz CT molecular complexity index is 844. The van der Waals surface area contributed by atoms with Crippen LogP contribution < -0.4 is 14.8 Å². The number of unbranched alkanes of at least 4 members (excludes halogenated alkanes) is 1. The molecule has 7 nitrogen and oxygen atoms in total. The molecule has 0 bridgehead atoms. The second-order valence-electron chi connectivity index (χ2n) is 6.18. The number of nitrogens with zero attached hydrogens (tertiary/aromatic N) is 1. The zero-order valence-corrected chi connectivity index (χ0v) is 17.5. The summed E-state index contributed by atoms with van der Waals surface area (Å²) in [5.41, 5.74) is 0.602. The quantitative estimate of drug-likeness (QED) is 0.346. The van der Waals surface area contributed by atoms with E-state index in [9.17, 15) is 9.59 Å². The van der Waals surface area contributed by atoms with Gasteiger partial charge < -0.3 is 19.5 Å². The SMILES string of the molecule is CCCCOc1ccc(C(=O)O[C@@H](C)C(=O)Nc2cccnc2Cl)cc1OCC. The maximum Gasteiger partial charge on any atom is 0.339 e. The topological polar surface area (TPSA) is 86.8 Å². The third-order valence-corrected chi connectivity index (χ3v) is 4.21. The molecule has 0 aliphatic heterocycles. The molecule has 156 valence electrons. The summed E-state index contributed by atoms with van der Waals surface area (Å²) in [6.07, 6.45) is 2.41. The Morgan fingerprint density at radius 1 is 1.17 bits per heavy atom. The number of pyridine rings is 1. The third kappa shape index (κ3) is 6.64. The van der Waals surface area contributed by atoms with E-state index in [-0.39, 0.29) is 10.7 Å². The van der Waals surface area contributed by atoms with Crippen LogP contribution in [-0.2, 0) is 9.53 Å². The van der Waals surface area contributed by atoms with Crippen molar-refractivity contribution in [2.75, 3.05) is 18.5 Å². The molecular formula is C21H25ClN2O5. The number of hydrogen-bond donors (Lipinski definition) is 1. The molecular weight excluding hydrogens is 396 g/mol. The van der Waals surface area contributed by atoms with Gasteiger partial charge in [-0.2, -0.15) is 0 Å². The summed E-state index contributed by atoms with van der Waals surface area (Å²) in [6, 6.07) is 8.03. The minimum atomic E-state index is -1.03. The van der Waals surface area contributed by atoms with E-state index in [4.69, 9.17) is 25.8 Å². The van der Waals surface area contributed by atoms with Gasteiger partial charge in [-0.1, -0.05) is 24.9 Å². The lowest BCUT2D eigenvalue weighted by molar-refractivity contribution is -0.123. The number of anilines is 1. The van der Waals surface area contributed by atoms with Gasteiger partial charge in [0.2, 0.25) is 0 Å². The first-order valence-corrected chi connectivity index (χ1v) is 9.86. The summed E-state index contributed by atoms with van der Waals surface area (Å²) >= 11 is 5.92. The van der Waals surface area contributed by atoms with E-state index in [2.05, 4.69) is 17.2 Å². The van der Waals surface area contributed by atoms with Crippen molar-refractivity contribution in [2.24, 2.45) is 0 Å². The number of amides is 1. The van der Waals surface area contributed by atoms with Crippen LogP contribution in [0.4, 0.5) is 5.69 Å². The molecule has 0 unspecified atom stereocenters. The van der Waals surface area contributed by atoms with Crippen molar-refractivity contribution in [3.63, 3.8) is 0 Å². The van der Waals surface area contributed by atoms with Gasteiger partial charge in [0.25, 0.3) is 5.91 Å². The van der Waals surface area contributed by atoms with Crippen LogP contribution in [-0.4, -0.2) is 36.2 Å². The summed E-state index contributed by atoms with van der Waals surface area (Å²) in [7, 11) is 0. The average Bonchev–Trinajstić information content (AvgIpc) is 2.71. The Kier molecular flexibility index (Phi) is 8.73. The van der Waals surface area contributed by atoms with E-state index >= 15 is 0 Å². The Hall–Kier alpha value is -2.80. The minimum Gasteiger partial charge on any atom is -0.490 e. The summed E-state index contributed by atoms with van der Waals surface area (Å²) < 4.78 is 16.5. The number of halogens is 1. The summed E-state index contributed by atoms with van der Waals surface area (Å²) in [5, 5.41) is 2.73. The van der Waals surface area contributed by atoms with Crippen LogP contribution in [0.2, 0.25) is 5.15 Å². The van der Waals surface area contributed by atoms with Crippen molar-refractivity contribution in [3.05, 3.63) is 47.2 Å². The molecule has 0 radical (unpaired) electrons. The van der Waals surface area contributed by atoms with E-state index in [0.717, 1.165) is 12.8 Å². The lowest BCUT2D eigenvalue weighted by Gasteiger charge is -2.15. The van der Waals surface area contributed by atoms with Crippen LogP contribution in [0.3, 0.4) is 0 Å². The van der Waals surface area contributed by atoms with Crippen LogP contribution in [0.15, 0.2) is 36.5 Å². The molecule has 1 amide bonds. The van der Waals surface area contributed by atoms with Gasteiger partial charge in [-0.25, -0.2) is 9.78 Å². The Morgan fingerprint density at radius 2 is 1.97 bits per heavy atom. The molecule has 0 fully saturated rings. The Morgan fingerprint density at radius 3 is 2.66 bits per heavy atom. The highest BCUT2D eigenvalue weighted by Crippen LogP contribution is 2.29. The van der Waals surface area contributed by atoms with E-state index in [0.29, 0.717) is 30.4 Å². The van der Waals surface area contributed by atoms with Gasteiger partial charge in [0.05, 0.1) is 24.5 Å². The number of benzene rings is 1. The Balaban J connectivity index is 2.03. The fraction of sp³-hybridized carbons (Fsp3) is 0.381. The van der Waals surface area contributed by atoms with Crippen molar-refractivity contribution in [1.29, 1.82) is 0 Å². The molecule has 1 N–H and O–H groups in total. The van der Waals surface area contributed by atoms with Gasteiger partial charge in [0.1, 0.15) is 0 Å². The number of carbonyl (C=O) groups is 2. The lowest BCUT2D eigenvalue weighted by atomic mass is 10.2. The number of rotatable bonds is 10. The van der Waals surface area contributed by atoms with Crippen molar-refractivity contribution in [2.45, 2.75) is 39.7 Å². The summed E-state index contributed by atoms with van der Waals surface area (Å²) in [4.78, 5) is 28.6. The van der Waals surface area contributed by atoms with Crippen LogP contribution in [0.1, 0.15) is 44.0 Å². The van der Waals surface area contributed by atoms with Gasteiger partial charge in [0.15, 0.2) is 22.8 Å². The molecule has 0 saturated heterocycles. The second-order valence-corrected chi connectivity index (χ2v) is 6.53. The molecule has 0 saturated carbocycles. The van der Waals surface area contributed by atoms with Crippen LogP contribution in [0, 0.1) is 0 Å². The predicted octanol–water partition coefficient (Wildman–Crippen LogP) is 4.50. The molecule has 1 aromatic carbocycles. The standard InChI is InChI=1S/C21H25ClN2O5/c1-4-6-12-28-17-10-9-15(13-18(17)27-5-2)21(26)29-14(3)20(25)24-16-8-7-11-23-19(16)22/h7-11,13-14H,4-6,12H2,1-3H3,(H,24,25)/t14-/m0/s1. The maximum atomic E-state index is 12.5. The molecule has 8 heteroatoms. The van der Waals surface area contributed by atoms with E-state index in [1.54, 1.807) is 30.3 Å². The third-order valence-electron chi connectivity index (χ3n) is 3.90. The number of carbonyl (C=O) groups excluding carboxylic acids is 2. The first kappa shape index (κ1) is 22.5. The normalized spacial score (nSPS) is 11.4. The number of nitrogens with one attached hydrogen (secondary N) is 1. The number of hydrogen-bond acceptors (Lipinski definition) is 6. The van der Waals surface area contributed by atoms with Crippen molar-refractivity contribution in [1.82, 2.24) is 4.98 Å². The van der Waals surface area contributed by atoms with Gasteiger partial charge in [-0.3, -0.25) is 4.79 Å². The van der Waals surface area contributed by atoms with Gasteiger partial charge >= 0.3 is 5.97 Å². The number of esters is 1. The molecule has 0 aliphatic carbocycles. The van der Waals surface area contributed by atoms with Crippen molar-refractivity contribution >= 4 is 29.2 Å². The van der Waals surface area contributed by atoms with Crippen molar-refractivity contribution < 1.29 is 23.8 Å². The molecule has 29 heavy (non-hydrogen) atoms. The fourth-order valence-corrected chi connectivity index (χ4v) is 2.51. The predicted molar refractivity (Wildman–Crippen MR) is 111 cm³/mol. The fourth-order valence-electron chi connectivity index (χ4n) is 2.34. The average molecular weight is 421 g/mol. The highest BCUT2D eigenvalue weighted by molar-refractivity contribution is 6.32. The monoisotopic (exact) mass is 420 g/mol. The zero-order valence-electron chi connectivity index (χ0n) is 16.7. The highest BCUT2D eigenvalue weighted by Gasteiger charge is 2.21. The summed E-state index contributed by atoms with van der Waals surface area (Å²) in [5.74, 6) is -0.144. The molecule has 2 rings (SSSR count). The summed E-state index contributed by atoms with van der Waals surface area (Å²) in [6.45, 7) is 6.38. The maximum absolute atomic E-state index is 12.5. The smallest absolute Gasteiger partial charge is 0.339 e. The van der Waals surface area contributed by atoms with Gasteiger partial charge in [0, 0.05) is 6.20 Å². The highest BCUT2D eigenvalue weighted by atomic mass is 35.5. The zero-order chi connectivity index (χ0) is 21.2. The molecule has 1 aromatic heterocycles. The largest absolute Gasteiger partial charge is 0.490 e. The lowest BCUT2D eigenvalue weighted by Crippen LogP contribution is -2.30. The second kappa shape index (κ2) is 11.3. The minimum absolute atomic E-state index is 0.152. The van der Waals surface area contributed by atoms with Gasteiger partial charge in [-0.05, 0) is 50.6 Å². The van der Waals surface area contributed by atoms with E-state index in [1.807, 2.05) is 6.92 Å². The molecule has 0 spiro atoms. The van der Waals surface area contributed by atoms with Crippen LogP contribution in [0.25, 0.3) is 0 Å². The van der Waals surface area contributed by atoms with Gasteiger partial charge in [-0.15, -0.1) is 0 Å². The number of aromatic nitrogens is 1. The molecule has 1 atom stereocenters. The molecule has 2 aromatic rings. The molecule has 0 aliphatic rings. The van der Waals surface area contributed by atoms with E-state index in [1.165, 1.54) is 13.1 Å². The first-order valence-electron chi connectivity index (χ1n) is 9.48. The Labute approximate surface area is 175 Å². The van der Waals surface area contributed by atoms with Crippen LogP contribution >= 0.6 is 11.6 Å².